The minimum atomic E-state index is -0.128. The second kappa shape index (κ2) is 6.00. The molecule has 2 rings (SSSR count). The average Bonchev–Trinajstić information content (AvgIpc) is 2.83. The van der Waals surface area contributed by atoms with Crippen LogP contribution in [0.1, 0.15) is 20.3 Å². The lowest BCUT2D eigenvalue weighted by Gasteiger charge is -2.12. The van der Waals surface area contributed by atoms with E-state index in [0.717, 1.165) is 19.5 Å². The van der Waals surface area contributed by atoms with Gasteiger partial charge in [0.25, 0.3) is 5.88 Å². The molecule has 1 aliphatic heterocycles. The van der Waals surface area contributed by atoms with E-state index in [0.29, 0.717) is 25.0 Å². The van der Waals surface area contributed by atoms with Crippen LogP contribution in [-0.2, 0) is 6.54 Å². The van der Waals surface area contributed by atoms with Gasteiger partial charge in [-0.2, -0.15) is 0 Å². The summed E-state index contributed by atoms with van der Waals surface area (Å²) in [7, 11) is 0. The van der Waals surface area contributed by atoms with Crippen molar-refractivity contribution >= 4 is 0 Å². The van der Waals surface area contributed by atoms with Crippen LogP contribution in [0.5, 0.6) is 5.88 Å². The number of hydrogen-bond acceptors (Lipinski definition) is 4. The third-order valence-electron chi connectivity index (χ3n) is 3.06. The average molecular weight is 251 g/mol. The van der Waals surface area contributed by atoms with Gasteiger partial charge in [-0.15, -0.1) is 0 Å². The Morgan fingerprint density at radius 1 is 1.61 bits per heavy atom. The quantitative estimate of drug-likeness (QED) is 0.844. The molecule has 0 saturated carbocycles. The lowest BCUT2D eigenvalue weighted by molar-refractivity contribution is 0.245. The fourth-order valence-corrected chi connectivity index (χ4v) is 2.12. The van der Waals surface area contributed by atoms with Gasteiger partial charge in [-0.05, 0) is 18.9 Å². The Hall–Kier alpha value is -1.36. The van der Waals surface area contributed by atoms with Gasteiger partial charge in [-0.1, -0.05) is 13.8 Å². The summed E-state index contributed by atoms with van der Waals surface area (Å²) in [5.74, 6) is 1.15. The zero-order chi connectivity index (χ0) is 13.0. The van der Waals surface area contributed by atoms with E-state index >= 15 is 0 Å². The van der Waals surface area contributed by atoms with Crippen molar-refractivity contribution in [2.24, 2.45) is 11.8 Å². The second-order valence-electron chi connectivity index (χ2n) is 5.25. The van der Waals surface area contributed by atoms with Gasteiger partial charge in [0.05, 0.1) is 6.61 Å². The standard InChI is InChI=1S/C13H21N3O2/c1-10(2)8-16-6-5-15-12(13(16)17)18-9-11-3-4-14-7-11/h5-6,10-11,14H,3-4,7-9H2,1-2H3. The minimum absolute atomic E-state index is 0.128. The summed E-state index contributed by atoms with van der Waals surface area (Å²) >= 11 is 0. The number of nitrogens with one attached hydrogen (secondary N) is 1. The van der Waals surface area contributed by atoms with Crippen LogP contribution >= 0.6 is 0 Å². The number of hydrogen-bond donors (Lipinski definition) is 1. The lowest BCUT2D eigenvalue weighted by atomic mass is 10.1. The Bertz CT molecular complexity index is 436. The van der Waals surface area contributed by atoms with Crippen molar-refractivity contribution in [1.29, 1.82) is 0 Å². The molecule has 1 fully saturated rings. The SMILES string of the molecule is CC(C)Cn1ccnc(OCC2CCNC2)c1=O. The molecule has 0 bridgehead atoms. The van der Waals surface area contributed by atoms with Crippen molar-refractivity contribution in [3.05, 3.63) is 22.7 Å². The summed E-state index contributed by atoms with van der Waals surface area (Å²) in [6.07, 6.45) is 4.45. The van der Waals surface area contributed by atoms with E-state index in [1.54, 1.807) is 17.0 Å². The molecule has 1 aromatic heterocycles. The topological polar surface area (TPSA) is 56.1 Å². The van der Waals surface area contributed by atoms with Crippen molar-refractivity contribution < 1.29 is 4.74 Å². The van der Waals surface area contributed by atoms with Crippen LogP contribution in [-0.4, -0.2) is 29.2 Å². The molecule has 0 spiro atoms. The Labute approximate surface area is 107 Å². The van der Waals surface area contributed by atoms with E-state index in [1.165, 1.54) is 0 Å². The summed E-state index contributed by atoms with van der Waals surface area (Å²) in [4.78, 5) is 16.1. The van der Waals surface area contributed by atoms with Gasteiger partial charge >= 0.3 is 5.56 Å². The molecule has 1 aromatic rings. The maximum atomic E-state index is 12.1. The van der Waals surface area contributed by atoms with Gasteiger partial charge in [0.15, 0.2) is 0 Å². The molecule has 0 aliphatic carbocycles. The second-order valence-corrected chi connectivity index (χ2v) is 5.25. The van der Waals surface area contributed by atoms with Crippen molar-refractivity contribution in [3.63, 3.8) is 0 Å². The predicted octanol–water partition coefficient (Wildman–Crippen LogP) is 0.888. The normalized spacial score (nSPS) is 19.4. The Morgan fingerprint density at radius 2 is 2.44 bits per heavy atom. The Kier molecular flexibility index (Phi) is 4.36. The van der Waals surface area contributed by atoms with Crippen LogP contribution in [0.2, 0.25) is 0 Å². The van der Waals surface area contributed by atoms with Crippen LogP contribution in [0.15, 0.2) is 17.2 Å². The van der Waals surface area contributed by atoms with Crippen LogP contribution in [0, 0.1) is 11.8 Å². The zero-order valence-electron chi connectivity index (χ0n) is 11.1. The Morgan fingerprint density at radius 3 is 3.11 bits per heavy atom. The van der Waals surface area contributed by atoms with E-state index in [9.17, 15) is 4.79 Å². The molecular weight excluding hydrogens is 230 g/mol. The van der Waals surface area contributed by atoms with E-state index in [1.807, 2.05) is 0 Å². The first-order valence-electron chi connectivity index (χ1n) is 6.55. The summed E-state index contributed by atoms with van der Waals surface area (Å²) in [6, 6.07) is 0. The summed E-state index contributed by atoms with van der Waals surface area (Å²) in [5.41, 5.74) is -0.128. The Balaban J connectivity index is 2.01. The number of aromatic nitrogens is 2. The van der Waals surface area contributed by atoms with Gasteiger partial charge in [0.2, 0.25) is 0 Å². The number of rotatable bonds is 5. The van der Waals surface area contributed by atoms with Crippen LogP contribution in [0.3, 0.4) is 0 Å². The van der Waals surface area contributed by atoms with Gasteiger partial charge in [0.1, 0.15) is 0 Å². The molecule has 1 atom stereocenters. The molecule has 5 heteroatoms. The summed E-state index contributed by atoms with van der Waals surface area (Å²) in [6.45, 7) is 7.43. The van der Waals surface area contributed by atoms with Crippen molar-refractivity contribution in [2.45, 2.75) is 26.8 Å². The largest absolute Gasteiger partial charge is 0.473 e. The van der Waals surface area contributed by atoms with Gasteiger partial charge in [-0.3, -0.25) is 4.79 Å². The summed E-state index contributed by atoms with van der Waals surface area (Å²) < 4.78 is 7.23. The molecule has 1 aliphatic rings. The van der Waals surface area contributed by atoms with Crippen molar-refractivity contribution in [2.75, 3.05) is 19.7 Å². The maximum absolute atomic E-state index is 12.1. The molecule has 1 saturated heterocycles. The zero-order valence-corrected chi connectivity index (χ0v) is 11.1. The molecule has 1 N–H and O–H groups in total. The molecule has 0 amide bonds. The highest BCUT2D eigenvalue weighted by molar-refractivity contribution is 5.04. The minimum Gasteiger partial charge on any atom is -0.473 e. The highest BCUT2D eigenvalue weighted by Crippen LogP contribution is 2.09. The van der Waals surface area contributed by atoms with Gasteiger partial charge < -0.3 is 14.6 Å². The predicted molar refractivity (Wildman–Crippen MR) is 69.8 cm³/mol. The van der Waals surface area contributed by atoms with E-state index in [2.05, 4.69) is 24.1 Å². The molecule has 18 heavy (non-hydrogen) atoms. The van der Waals surface area contributed by atoms with E-state index in [-0.39, 0.29) is 11.4 Å². The summed E-state index contributed by atoms with van der Waals surface area (Å²) in [5, 5.41) is 3.28. The van der Waals surface area contributed by atoms with Crippen LogP contribution in [0.4, 0.5) is 0 Å². The molecule has 0 radical (unpaired) electrons. The third-order valence-corrected chi connectivity index (χ3v) is 3.06. The van der Waals surface area contributed by atoms with Crippen LogP contribution < -0.4 is 15.6 Å². The molecular formula is C13H21N3O2. The van der Waals surface area contributed by atoms with Gasteiger partial charge in [0, 0.05) is 31.4 Å². The highest BCUT2D eigenvalue weighted by Gasteiger charge is 2.16. The fourth-order valence-electron chi connectivity index (χ4n) is 2.12. The maximum Gasteiger partial charge on any atom is 0.313 e. The number of nitrogens with zero attached hydrogens (tertiary/aromatic N) is 2. The van der Waals surface area contributed by atoms with Crippen molar-refractivity contribution in [1.82, 2.24) is 14.9 Å². The molecule has 100 valence electrons. The molecule has 1 unspecified atom stereocenters. The lowest BCUT2D eigenvalue weighted by Crippen LogP contribution is -2.26. The van der Waals surface area contributed by atoms with E-state index in [4.69, 9.17) is 4.74 Å². The van der Waals surface area contributed by atoms with Gasteiger partial charge in [-0.25, -0.2) is 4.98 Å². The van der Waals surface area contributed by atoms with Crippen molar-refractivity contribution in [3.8, 4) is 5.88 Å². The molecule has 5 nitrogen and oxygen atoms in total. The smallest absolute Gasteiger partial charge is 0.313 e. The van der Waals surface area contributed by atoms with E-state index < -0.39 is 0 Å². The number of ether oxygens (including phenoxy) is 1. The fraction of sp³-hybridized carbons (Fsp3) is 0.692. The first-order valence-corrected chi connectivity index (χ1v) is 6.55. The third kappa shape index (κ3) is 3.32. The highest BCUT2D eigenvalue weighted by atomic mass is 16.5. The first kappa shape index (κ1) is 13.1. The first-order chi connectivity index (χ1) is 8.66. The molecule has 0 aromatic carbocycles. The molecule has 2 heterocycles. The van der Waals surface area contributed by atoms with Crippen LogP contribution in [0.25, 0.3) is 0 Å². The monoisotopic (exact) mass is 251 g/mol.